The van der Waals surface area contributed by atoms with Crippen molar-refractivity contribution >= 4 is 23.0 Å². The van der Waals surface area contributed by atoms with Crippen LogP contribution < -0.4 is 5.32 Å². The molecular formula is C25H24FN5O2. The Morgan fingerprint density at radius 2 is 1.97 bits per heavy atom. The van der Waals surface area contributed by atoms with Gasteiger partial charge in [0, 0.05) is 25.5 Å². The molecule has 2 aromatic heterocycles. The molecule has 0 saturated carbocycles. The minimum Gasteiger partial charge on any atom is -0.424 e. The molecule has 5 rings (SSSR count). The molecule has 0 aliphatic carbocycles. The van der Waals surface area contributed by atoms with Gasteiger partial charge in [0.25, 0.3) is 11.9 Å². The van der Waals surface area contributed by atoms with Gasteiger partial charge in [-0.25, -0.2) is 14.4 Å². The van der Waals surface area contributed by atoms with Crippen molar-refractivity contribution in [3.8, 4) is 11.4 Å². The zero-order valence-corrected chi connectivity index (χ0v) is 18.2. The first-order valence-electron chi connectivity index (χ1n) is 11.1. The minimum absolute atomic E-state index is 0.103. The fourth-order valence-electron chi connectivity index (χ4n) is 4.46. The summed E-state index contributed by atoms with van der Waals surface area (Å²) in [5, 5.41) is 3.26. The third kappa shape index (κ3) is 4.16. The van der Waals surface area contributed by atoms with Gasteiger partial charge >= 0.3 is 0 Å². The van der Waals surface area contributed by atoms with Crippen LogP contribution in [0.15, 0.2) is 65.3 Å². The first kappa shape index (κ1) is 21.1. The van der Waals surface area contributed by atoms with Gasteiger partial charge in [0.05, 0.1) is 17.2 Å². The van der Waals surface area contributed by atoms with Crippen LogP contribution >= 0.6 is 0 Å². The maximum absolute atomic E-state index is 14.8. The molecule has 1 saturated heterocycles. The van der Waals surface area contributed by atoms with E-state index in [0.29, 0.717) is 24.7 Å². The van der Waals surface area contributed by atoms with Gasteiger partial charge in [0.2, 0.25) is 0 Å². The molecule has 1 fully saturated rings. The highest BCUT2D eigenvalue weighted by atomic mass is 19.1. The van der Waals surface area contributed by atoms with Crippen LogP contribution in [0.3, 0.4) is 0 Å². The topological polar surface area (TPSA) is 84.2 Å². The lowest BCUT2D eigenvalue weighted by atomic mass is 9.89. The van der Waals surface area contributed by atoms with E-state index in [0.717, 1.165) is 18.4 Å². The highest BCUT2D eigenvalue weighted by molar-refractivity contribution is 6.00. The molecule has 4 aromatic rings. The number of halogens is 1. The van der Waals surface area contributed by atoms with Crippen LogP contribution in [0.2, 0.25) is 0 Å². The monoisotopic (exact) mass is 445 g/mol. The van der Waals surface area contributed by atoms with Crippen molar-refractivity contribution in [1.29, 1.82) is 0 Å². The van der Waals surface area contributed by atoms with Gasteiger partial charge in [-0.2, -0.15) is 4.98 Å². The lowest BCUT2D eigenvalue weighted by Crippen LogP contribution is -2.51. The molecule has 1 aliphatic rings. The Kier molecular flexibility index (Phi) is 5.73. The summed E-state index contributed by atoms with van der Waals surface area (Å²) in [4.78, 5) is 28.3. The number of fused-ring (bicyclic) bond motifs is 1. The second kappa shape index (κ2) is 8.97. The molecule has 0 spiro atoms. The van der Waals surface area contributed by atoms with Crippen LogP contribution in [0.1, 0.15) is 30.1 Å². The zero-order chi connectivity index (χ0) is 22.8. The third-order valence-corrected chi connectivity index (χ3v) is 6.17. The number of amides is 1. The number of nitrogens with zero attached hydrogens (tertiary/aromatic N) is 4. The number of likely N-dealkylation sites (tertiary alicyclic amines) is 1. The van der Waals surface area contributed by atoms with Crippen molar-refractivity contribution < 1.29 is 13.6 Å². The Morgan fingerprint density at radius 1 is 1.15 bits per heavy atom. The van der Waals surface area contributed by atoms with Crippen molar-refractivity contribution in [1.82, 2.24) is 19.9 Å². The molecular weight excluding hydrogens is 421 g/mol. The van der Waals surface area contributed by atoms with E-state index in [1.807, 2.05) is 29.2 Å². The summed E-state index contributed by atoms with van der Waals surface area (Å²) in [6, 6.07) is 14.1. The number of anilines is 1. The molecule has 7 nitrogen and oxygen atoms in total. The summed E-state index contributed by atoms with van der Waals surface area (Å²) in [6.45, 7) is 3.20. The molecule has 8 heteroatoms. The second-order valence-electron chi connectivity index (χ2n) is 8.29. The van der Waals surface area contributed by atoms with Crippen LogP contribution in [-0.2, 0) is 0 Å². The molecule has 2 unspecified atom stereocenters. The number of hydrogen-bond acceptors (Lipinski definition) is 6. The third-order valence-electron chi connectivity index (χ3n) is 6.17. The number of nitrogens with one attached hydrogen (secondary N) is 1. The van der Waals surface area contributed by atoms with E-state index in [4.69, 9.17) is 4.42 Å². The average Bonchev–Trinajstić information content (AvgIpc) is 3.26. The van der Waals surface area contributed by atoms with E-state index in [-0.39, 0.29) is 34.8 Å². The summed E-state index contributed by atoms with van der Waals surface area (Å²) in [7, 11) is 0. The van der Waals surface area contributed by atoms with Crippen molar-refractivity contribution in [3.05, 3.63) is 72.3 Å². The molecule has 2 atom stereocenters. The number of carbonyl (C=O) groups excluding carboxylic acids is 1. The maximum Gasteiger partial charge on any atom is 0.295 e. The van der Waals surface area contributed by atoms with E-state index in [1.54, 1.807) is 30.6 Å². The molecule has 1 N–H and O–H groups in total. The van der Waals surface area contributed by atoms with E-state index in [9.17, 15) is 9.18 Å². The molecule has 33 heavy (non-hydrogen) atoms. The van der Waals surface area contributed by atoms with E-state index >= 15 is 0 Å². The van der Waals surface area contributed by atoms with Crippen LogP contribution in [0, 0.1) is 11.7 Å². The number of hydrogen-bond donors (Lipinski definition) is 1. The Hall–Kier alpha value is -3.81. The molecule has 1 aliphatic heterocycles. The number of carbonyl (C=O) groups is 1. The van der Waals surface area contributed by atoms with Gasteiger partial charge < -0.3 is 14.6 Å². The summed E-state index contributed by atoms with van der Waals surface area (Å²) < 4.78 is 20.6. The van der Waals surface area contributed by atoms with E-state index < -0.39 is 5.82 Å². The van der Waals surface area contributed by atoms with Gasteiger partial charge in [0.15, 0.2) is 11.4 Å². The largest absolute Gasteiger partial charge is 0.424 e. The fraction of sp³-hybridized carbons (Fsp3) is 0.280. The SMILES string of the molecule is CC1CCCN(C(=O)c2cccc(F)c2-c2ncccn2)C1CNc1nc2ccccc2o1. The number of oxazole rings is 1. The Bertz CT molecular complexity index is 1240. The summed E-state index contributed by atoms with van der Waals surface area (Å²) in [5.41, 5.74) is 1.88. The fourth-order valence-corrected chi connectivity index (χ4v) is 4.46. The highest BCUT2D eigenvalue weighted by Gasteiger charge is 2.34. The quantitative estimate of drug-likeness (QED) is 0.476. The van der Waals surface area contributed by atoms with Crippen molar-refractivity contribution in [2.45, 2.75) is 25.8 Å². The molecule has 0 bridgehead atoms. The normalized spacial score (nSPS) is 18.4. The number of rotatable bonds is 5. The molecule has 1 amide bonds. The molecule has 0 radical (unpaired) electrons. The Labute approximate surface area is 190 Å². The summed E-state index contributed by atoms with van der Waals surface area (Å²) >= 11 is 0. The van der Waals surface area contributed by atoms with Gasteiger partial charge in [-0.05, 0) is 49.1 Å². The molecule has 3 heterocycles. The first-order valence-corrected chi connectivity index (χ1v) is 11.1. The van der Waals surface area contributed by atoms with Crippen LogP contribution in [0.25, 0.3) is 22.5 Å². The molecule has 168 valence electrons. The zero-order valence-electron chi connectivity index (χ0n) is 18.2. The van der Waals surface area contributed by atoms with E-state index in [1.165, 1.54) is 6.07 Å². The van der Waals surface area contributed by atoms with Crippen molar-refractivity contribution in [2.24, 2.45) is 5.92 Å². The maximum atomic E-state index is 14.8. The molecule has 2 aromatic carbocycles. The van der Waals surface area contributed by atoms with Crippen molar-refractivity contribution in [3.63, 3.8) is 0 Å². The Morgan fingerprint density at radius 3 is 2.79 bits per heavy atom. The smallest absolute Gasteiger partial charge is 0.295 e. The van der Waals surface area contributed by atoms with Gasteiger partial charge in [0.1, 0.15) is 11.3 Å². The standard InChI is InChI=1S/C25H24FN5O2/c1-16-7-5-14-31(20(16)15-29-25-30-19-10-2-3-11-21(19)33-25)24(32)17-8-4-9-18(26)22(17)23-27-12-6-13-28-23/h2-4,6,8-13,16,20H,5,7,14-15H2,1H3,(H,29,30). The lowest BCUT2D eigenvalue weighted by Gasteiger charge is -2.40. The lowest BCUT2D eigenvalue weighted by molar-refractivity contribution is 0.0539. The summed E-state index contributed by atoms with van der Waals surface area (Å²) in [6.07, 6.45) is 4.97. The number of para-hydroxylation sites is 2. The summed E-state index contributed by atoms with van der Waals surface area (Å²) in [5.74, 6) is -0.291. The number of benzene rings is 2. The number of aromatic nitrogens is 3. The van der Waals surface area contributed by atoms with Crippen LogP contribution in [0.5, 0.6) is 0 Å². The average molecular weight is 445 g/mol. The minimum atomic E-state index is -0.516. The Balaban J connectivity index is 1.42. The number of piperidine rings is 1. The van der Waals surface area contributed by atoms with Gasteiger partial charge in [-0.15, -0.1) is 0 Å². The van der Waals surface area contributed by atoms with Gasteiger partial charge in [-0.3, -0.25) is 4.79 Å². The highest BCUT2D eigenvalue weighted by Crippen LogP contribution is 2.30. The predicted molar refractivity (Wildman–Crippen MR) is 123 cm³/mol. The van der Waals surface area contributed by atoms with Crippen molar-refractivity contribution in [2.75, 3.05) is 18.4 Å². The first-order chi connectivity index (χ1) is 16.1. The van der Waals surface area contributed by atoms with Crippen LogP contribution in [-0.4, -0.2) is 44.9 Å². The van der Waals surface area contributed by atoms with Gasteiger partial charge in [-0.1, -0.05) is 25.1 Å². The predicted octanol–water partition coefficient (Wildman–Crippen LogP) is 4.78. The van der Waals surface area contributed by atoms with E-state index in [2.05, 4.69) is 27.2 Å². The van der Waals surface area contributed by atoms with Crippen LogP contribution in [0.4, 0.5) is 10.4 Å². The second-order valence-corrected chi connectivity index (χ2v) is 8.29.